The Hall–Kier alpha value is -2.18. The molecule has 6 nitrogen and oxygen atoms in total. The highest BCUT2D eigenvalue weighted by Gasteiger charge is 2.08. The molecule has 1 aromatic carbocycles. The van der Waals surface area contributed by atoms with Crippen LogP contribution in [0.25, 0.3) is 0 Å². The monoisotopic (exact) mass is 327 g/mol. The van der Waals surface area contributed by atoms with Gasteiger partial charge in [-0.1, -0.05) is 23.2 Å². The number of ether oxygens (including phenoxy) is 1. The van der Waals surface area contributed by atoms with Crippen LogP contribution in [0, 0.1) is 0 Å². The summed E-state index contributed by atoms with van der Waals surface area (Å²) in [4.78, 5) is 14.4. The van der Waals surface area contributed by atoms with Gasteiger partial charge in [0, 0.05) is 11.2 Å². The third-order valence-electron chi connectivity index (χ3n) is 2.46. The predicted octanol–water partition coefficient (Wildman–Crippen LogP) is 0.483. The molecule has 1 heterocycles. The second kappa shape index (κ2) is 7.01. The molecule has 0 radical (unpaired) electrons. The van der Waals surface area contributed by atoms with Crippen molar-refractivity contribution in [1.29, 1.82) is 0 Å². The summed E-state index contributed by atoms with van der Waals surface area (Å²) in [5.74, 6) is 0.329. The summed E-state index contributed by atoms with van der Waals surface area (Å²) < 4.78 is 5.40. The van der Waals surface area contributed by atoms with Crippen LogP contribution < -0.4 is 21.0 Å². The minimum atomic E-state index is -0.340. The van der Waals surface area contributed by atoms with E-state index in [9.17, 15) is 4.79 Å². The van der Waals surface area contributed by atoms with Crippen LogP contribution in [0.3, 0.4) is 0 Å². The van der Waals surface area contributed by atoms with Gasteiger partial charge in [-0.25, -0.2) is 0 Å². The van der Waals surface area contributed by atoms with Gasteiger partial charge >= 0.3 is 11.7 Å². The molecule has 8 heteroatoms. The van der Waals surface area contributed by atoms with E-state index in [2.05, 4.69) is 15.5 Å². The van der Waals surface area contributed by atoms with Gasteiger partial charge in [0.25, 0.3) is 0 Å². The Morgan fingerprint density at radius 3 is 2.86 bits per heavy atom. The lowest BCUT2D eigenvalue weighted by molar-refractivity contribution is -0.510. The summed E-state index contributed by atoms with van der Waals surface area (Å²) in [5.41, 5.74) is 8.53. The first-order chi connectivity index (χ1) is 10.1. The summed E-state index contributed by atoms with van der Waals surface area (Å²) in [6.07, 6.45) is 1.65. The Morgan fingerprint density at radius 1 is 1.38 bits per heavy atom. The molecule has 2 rings (SSSR count). The van der Waals surface area contributed by atoms with Crippen LogP contribution in [0.5, 0.6) is 5.75 Å². The number of hydrogen-bond donors (Lipinski definition) is 4. The normalized spacial score (nSPS) is 11.2. The SMILES string of the molecule is NC(COc1ccc(Cl)cc1Cl)=[NH+]NC(=O)c1ccc[nH]1. The molecule has 110 valence electrons. The Balaban J connectivity index is 1.88. The van der Waals surface area contributed by atoms with Crippen molar-refractivity contribution >= 4 is 34.9 Å². The third kappa shape index (κ3) is 4.40. The zero-order valence-corrected chi connectivity index (χ0v) is 12.3. The molecule has 0 spiro atoms. The summed E-state index contributed by atoms with van der Waals surface area (Å²) in [6, 6.07) is 8.20. The molecule has 1 aromatic heterocycles. The summed E-state index contributed by atoms with van der Waals surface area (Å²) >= 11 is 11.7. The topological polar surface area (TPSA) is 94.1 Å². The number of benzene rings is 1. The lowest BCUT2D eigenvalue weighted by Gasteiger charge is -2.05. The fraction of sp³-hybridized carbons (Fsp3) is 0.0769. The average molecular weight is 328 g/mol. The smallest absolute Gasteiger partial charge is 0.302 e. The number of amidine groups is 1. The van der Waals surface area contributed by atoms with Crippen LogP contribution in [-0.2, 0) is 0 Å². The maximum absolute atomic E-state index is 11.6. The number of rotatable bonds is 5. The number of hydrazine groups is 1. The number of halogens is 2. The zero-order chi connectivity index (χ0) is 15.2. The Bertz CT molecular complexity index is 656. The average Bonchev–Trinajstić information content (AvgIpc) is 2.98. The first kappa shape index (κ1) is 15.2. The van der Waals surface area contributed by atoms with Gasteiger partial charge in [0.15, 0.2) is 6.61 Å². The number of nitrogens with one attached hydrogen (secondary N) is 3. The molecular weight excluding hydrogens is 315 g/mol. The second-order valence-corrected chi connectivity index (χ2v) is 4.90. The van der Waals surface area contributed by atoms with Crippen LogP contribution >= 0.6 is 23.2 Å². The number of aromatic amines is 1. The number of nitrogens with two attached hydrogens (primary N) is 1. The second-order valence-electron chi connectivity index (χ2n) is 4.05. The molecule has 0 saturated carbocycles. The van der Waals surface area contributed by atoms with Gasteiger partial charge in [0.1, 0.15) is 11.4 Å². The molecule has 0 bridgehead atoms. The standard InChI is InChI=1S/C13H12Cl2N4O2/c14-8-3-4-11(9(15)6-8)21-7-12(16)18-19-13(20)10-2-1-5-17-10/h1-6,17H,7H2,(H2,16,18)(H,19,20)/p+1. The van der Waals surface area contributed by atoms with Crippen LogP contribution in [0.15, 0.2) is 36.5 Å². The predicted molar refractivity (Wildman–Crippen MR) is 80.4 cm³/mol. The van der Waals surface area contributed by atoms with Crippen LogP contribution in [0.4, 0.5) is 0 Å². The highest BCUT2D eigenvalue weighted by Crippen LogP contribution is 2.27. The van der Waals surface area contributed by atoms with Gasteiger partial charge in [-0.15, -0.1) is 0 Å². The van der Waals surface area contributed by atoms with Gasteiger partial charge in [-0.2, -0.15) is 10.5 Å². The summed E-state index contributed by atoms with van der Waals surface area (Å²) in [5, 5.41) is 3.45. The van der Waals surface area contributed by atoms with Crippen molar-refractivity contribution in [3.63, 3.8) is 0 Å². The maximum atomic E-state index is 11.6. The molecule has 1 amide bonds. The minimum Gasteiger partial charge on any atom is -0.479 e. The summed E-state index contributed by atoms with van der Waals surface area (Å²) in [7, 11) is 0. The number of hydrogen-bond acceptors (Lipinski definition) is 2. The van der Waals surface area contributed by atoms with Crippen molar-refractivity contribution in [1.82, 2.24) is 10.4 Å². The van der Waals surface area contributed by atoms with E-state index < -0.39 is 0 Å². The van der Waals surface area contributed by atoms with E-state index in [0.29, 0.717) is 21.5 Å². The lowest BCUT2D eigenvalue weighted by Crippen LogP contribution is -2.87. The lowest BCUT2D eigenvalue weighted by atomic mass is 10.3. The molecule has 5 N–H and O–H groups in total. The molecule has 2 aromatic rings. The van der Waals surface area contributed by atoms with E-state index in [1.165, 1.54) is 0 Å². The number of carbonyl (C=O) groups is 1. The van der Waals surface area contributed by atoms with E-state index in [1.54, 1.807) is 36.5 Å². The molecule has 0 aliphatic rings. The third-order valence-corrected chi connectivity index (χ3v) is 2.99. The van der Waals surface area contributed by atoms with Crippen molar-refractivity contribution in [2.75, 3.05) is 6.61 Å². The van der Waals surface area contributed by atoms with E-state index in [-0.39, 0.29) is 18.3 Å². The van der Waals surface area contributed by atoms with E-state index in [4.69, 9.17) is 33.7 Å². The highest BCUT2D eigenvalue weighted by atomic mass is 35.5. The molecule has 0 fully saturated rings. The van der Waals surface area contributed by atoms with Gasteiger partial charge in [0.2, 0.25) is 0 Å². The van der Waals surface area contributed by atoms with Crippen LogP contribution in [-0.4, -0.2) is 23.3 Å². The Labute approximate surface area is 130 Å². The van der Waals surface area contributed by atoms with E-state index in [0.717, 1.165) is 0 Å². The highest BCUT2D eigenvalue weighted by molar-refractivity contribution is 6.35. The first-order valence-electron chi connectivity index (χ1n) is 5.95. The molecule has 21 heavy (non-hydrogen) atoms. The van der Waals surface area contributed by atoms with Crippen molar-refractivity contribution in [2.24, 2.45) is 5.73 Å². The number of hydrazone groups is 1. The molecular formula is C13H13Cl2N4O2+. The number of aromatic nitrogens is 1. The zero-order valence-electron chi connectivity index (χ0n) is 10.8. The summed E-state index contributed by atoms with van der Waals surface area (Å²) in [6.45, 7) is 0.0341. The molecule has 0 saturated heterocycles. The van der Waals surface area contributed by atoms with Crippen molar-refractivity contribution in [2.45, 2.75) is 0 Å². The fourth-order valence-electron chi connectivity index (χ4n) is 1.46. The Morgan fingerprint density at radius 2 is 2.19 bits per heavy atom. The van der Waals surface area contributed by atoms with Crippen molar-refractivity contribution in [3.05, 3.63) is 52.3 Å². The van der Waals surface area contributed by atoms with Crippen molar-refractivity contribution in [3.8, 4) is 5.75 Å². The van der Waals surface area contributed by atoms with E-state index >= 15 is 0 Å². The fourth-order valence-corrected chi connectivity index (χ4v) is 1.92. The number of carbonyl (C=O) groups excluding carboxylic acids is 1. The van der Waals surface area contributed by atoms with Gasteiger partial charge in [-0.3, -0.25) is 10.5 Å². The minimum absolute atomic E-state index is 0.0341. The molecule has 0 aliphatic heterocycles. The van der Waals surface area contributed by atoms with Gasteiger partial charge in [-0.05, 0) is 30.3 Å². The molecule has 0 aliphatic carbocycles. The molecule has 0 unspecified atom stereocenters. The largest absolute Gasteiger partial charge is 0.479 e. The first-order valence-corrected chi connectivity index (χ1v) is 6.71. The Kier molecular flexibility index (Phi) is 5.08. The van der Waals surface area contributed by atoms with Gasteiger partial charge < -0.3 is 9.72 Å². The molecule has 0 atom stereocenters. The number of amides is 1. The quantitative estimate of drug-likeness (QED) is 0.365. The van der Waals surface area contributed by atoms with Crippen LogP contribution in [0.2, 0.25) is 10.0 Å². The van der Waals surface area contributed by atoms with Crippen molar-refractivity contribution < 1.29 is 14.6 Å². The van der Waals surface area contributed by atoms with Crippen LogP contribution in [0.1, 0.15) is 10.5 Å². The van der Waals surface area contributed by atoms with E-state index in [1.807, 2.05) is 0 Å². The maximum Gasteiger partial charge on any atom is 0.302 e. The number of H-pyrrole nitrogens is 1. The van der Waals surface area contributed by atoms with Gasteiger partial charge in [0.05, 0.1) is 5.02 Å².